The third kappa shape index (κ3) is 6.53. The van der Waals surface area contributed by atoms with Crippen molar-refractivity contribution in [3.05, 3.63) is 96.0 Å². The smallest absolute Gasteiger partial charge is 0.243 e. The number of methoxy groups -OCH3 is 1. The van der Waals surface area contributed by atoms with Gasteiger partial charge in [0.2, 0.25) is 25.0 Å². The highest BCUT2D eigenvalue weighted by atomic mass is 32.2. The molecular formula is C28H30FN3O7S2. The van der Waals surface area contributed by atoms with Gasteiger partial charge in [-0.1, -0.05) is 18.2 Å². The number of halogens is 1. The highest BCUT2D eigenvalue weighted by Crippen LogP contribution is 2.27. The molecule has 10 nitrogen and oxygen atoms in total. The fraction of sp³-hybridized carbons (Fsp3) is 0.321. The maximum absolute atomic E-state index is 14.4. The first-order valence-corrected chi connectivity index (χ1v) is 16.1. The first-order valence-electron chi connectivity index (χ1n) is 13.0. The van der Waals surface area contributed by atoms with Crippen LogP contribution in [0.15, 0.2) is 87.6 Å². The summed E-state index contributed by atoms with van der Waals surface area (Å²) in [5.41, 5.74) is 0.360. The molecule has 0 N–H and O–H groups in total. The fourth-order valence-corrected chi connectivity index (χ4v) is 7.61. The van der Waals surface area contributed by atoms with Crippen LogP contribution < -0.4 is 4.74 Å². The van der Waals surface area contributed by atoms with Crippen molar-refractivity contribution in [3.63, 3.8) is 0 Å². The molecule has 0 aliphatic carbocycles. The zero-order valence-corrected chi connectivity index (χ0v) is 24.0. The number of rotatable bonds is 12. The van der Waals surface area contributed by atoms with Crippen molar-refractivity contribution in [3.8, 4) is 5.75 Å². The van der Waals surface area contributed by atoms with Crippen LogP contribution in [0.25, 0.3) is 0 Å². The number of sulfone groups is 1. The number of hydrogen-bond acceptors (Lipinski definition) is 8. The predicted octanol–water partition coefficient (Wildman–Crippen LogP) is 4.17. The molecule has 2 aromatic carbocycles. The Hall–Kier alpha value is -3.52. The number of benzene rings is 2. The van der Waals surface area contributed by atoms with Gasteiger partial charge in [0.05, 0.1) is 61.7 Å². The maximum atomic E-state index is 14.4. The van der Waals surface area contributed by atoms with Crippen molar-refractivity contribution in [1.29, 1.82) is 0 Å². The van der Waals surface area contributed by atoms with E-state index < -0.39 is 31.4 Å². The topological polar surface area (TPSA) is 121 Å². The third-order valence-electron chi connectivity index (χ3n) is 6.84. The average Bonchev–Trinajstić information content (AvgIpc) is 3.74. The first-order chi connectivity index (χ1) is 19.7. The van der Waals surface area contributed by atoms with Crippen LogP contribution in [0.2, 0.25) is 0 Å². The zero-order valence-electron chi connectivity index (χ0n) is 22.3. The van der Waals surface area contributed by atoms with Gasteiger partial charge < -0.3 is 18.5 Å². The minimum atomic E-state index is -4.11. The van der Waals surface area contributed by atoms with E-state index in [0.29, 0.717) is 30.2 Å². The summed E-state index contributed by atoms with van der Waals surface area (Å²) in [4.78, 5) is 4.25. The van der Waals surface area contributed by atoms with E-state index in [9.17, 15) is 21.2 Å². The van der Waals surface area contributed by atoms with Gasteiger partial charge in [-0.2, -0.15) is 4.31 Å². The number of imidazole rings is 1. The van der Waals surface area contributed by atoms with Crippen molar-refractivity contribution >= 4 is 19.9 Å². The molecule has 1 fully saturated rings. The van der Waals surface area contributed by atoms with Crippen LogP contribution in [0.4, 0.5) is 4.39 Å². The molecule has 13 heteroatoms. The number of hydrogen-bond donors (Lipinski definition) is 0. The van der Waals surface area contributed by atoms with Gasteiger partial charge in [-0.05, 0) is 55.3 Å². The molecule has 1 aliphatic rings. The van der Waals surface area contributed by atoms with Gasteiger partial charge in [-0.15, -0.1) is 0 Å². The van der Waals surface area contributed by atoms with E-state index in [1.807, 2.05) is 0 Å². The Labute approximate surface area is 238 Å². The molecule has 0 spiro atoms. The van der Waals surface area contributed by atoms with Crippen LogP contribution in [-0.4, -0.2) is 50.5 Å². The molecule has 1 saturated heterocycles. The van der Waals surface area contributed by atoms with Crippen molar-refractivity contribution < 1.29 is 35.1 Å². The molecule has 0 saturated carbocycles. The van der Waals surface area contributed by atoms with Gasteiger partial charge >= 0.3 is 0 Å². The molecule has 1 atom stereocenters. The number of aromatic nitrogens is 2. The van der Waals surface area contributed by atoms with Gasteiger partial charge in [0.15, 0.2) is 0 Å². The monoisotopic (exact) mass is 603 g/mol. The lowest BCUT2D eigenvalue weighted by atomic mass is 10.2. The highest BCUT2D eigenvalue weighted by Gasteiger charge is 2.31. The van der Waals surface area contributed by atoms with Gasteiger partial charge in [0.25, 0.3) is 0 Å². The Bertz CT molecular complexity index is 1680. The molecular weight excluding hydrogens is 573 g/mol. The Kier molecular flexibility index (Phi) is 8.59. The third-order valence-corrected chi connectivity index (χ3v) is 10.2. The van der Waals surface area contributed by atoms with Gasteiger partial charge in [-0.25, -0.2) is 26.2 Å². The number of sulfonamides is 1. The Morgan fingerprint density at radius 2 is 1.83 bits per heavy atom. The van der Waals surface area contributed by atoms with E-state index in [2.05, 4.69) is 4.98 Å². The van der Waals surface area contributed by atoms with Crippen LogP contribution >= 0.6 is 0 Å². The lowest BCUT2D eigenvalue weighted by Gasteiger charge is -2.23. The molecule has 0 radical (unpaired) electrons. The Morgan fingerprint density at radius 1 is 1.05 bits per heavy atom. The molecule has 0 bridgehead atoms. The molecule has 218 valence electrons. The van der Waals surface area contributed by atoms with E-state index in [1.54, 1.807) is 30.3 Å². The lowest BCUT2D eigenvalue weighted by molar-refractivity contribution is 0.0937. The van der Waals surface area contributed by atoms with Crippen LogP contribution in [0, 0.1) is 5.82 Å². The van der Waals surface area contributed by atoms with E-state index in [-0.39, 0.29) is 41.4 Å². The van der Waals surface area contributed by atoms with E-state index >= 15 is 0 Å². The molecule has 0 amide bonds. The maximum Gasteiger partial charge on any atom is 0.243 e. The SMILES string of the molecule is COc1ccc(S(=O)(=O)N(Cc2ccco2)Cc2cnc(S(=O)(=O)Cc3ccccc3F)n2C[C@@H]2CCCO2)cc1. The van der Waals surface area contributed by atoms with E-state index in [0.717, 1.165) is 6.42 Å². The van der Waals surface area contributed by atoms with Crippen molar-refractivity contribution in [2.24, 2.45) is 0 Å². The van der Waals surface area contributed by atoms with Crippen LogP contribution in [0.5, 0.6) is 5.75 Å². The van der Waals surface area contributed by atoms with Crippen LogP contribution in [0.1, 0.15) is 29.9 Å². The molecule has 1 aliphatic heterocycles. The summed E-state index contributed by atoms with van der Waals surface area (Å²) in [5.74, 6) is -0.327. The van der Waals surface area contributed by atoms with Gasteiger partial charge in [0, 0.05) is 12.2 Å². The second-order valence-electron chi connectivity index (χ2n) is 9.66. The standard InChI is InChI=1S/C28H30FN3O7S2/c1-37-23-10-12-26(13-11-23)41(35,36)31(18-24-7-4-14-38-24)17-22-16-30-28(32(22)19-25-8-5-15-39-25)40(33,34)20-21-6-2-3-9-27(21)29/h2-4,6-7,9-14,16,25H,5,8,15,17-20H2,1H3/t25-/m0/s1. The summed E-state index contributed by atoms with van der Waals surface area (Å²) in [6.45, 7) is 0.384. The van der Waals surface area contributed by atoms with Gasteiger partial charge in [0.1, 0.15) is 17.3 Å². The Morgan fingerprint density at radius 3 is 2.49 bits per heavy atom. The largest absolute Gasteiger partial charge is 0.497 e. The summed E-state index contributed by atoms with van der Waals surface area (Å²) >= 11 is 0. The molecule has 41 heavy (non-hydrogen) atoms. The van der Waals surface area contributed by atoms with Crippen LogP contribution in [0.3, 0.4) is 0 Å². The molecule has 2 aromatic heterocycles. The van der Waals surface area contributed by atoms with E-state index in [4.69, 9.17) is 13.9 Å². The van der Waals surface area contributed by atoms with E-state index in [1.165, 1.54) is 58.8 Å². The second-order valence-corrected chi connectivity index (χ2v) is 13.5. The number of furan rings is 1. The molecule has 0 unspecified atom stereocenters. The highest BCUT2D eigenvalue weighted by molar-refractivity contribution is 7.90. The fourth-order valence-electron chi connectivity index (χ4n) is 4.72. The van der Waals surface area contributed by atoms with Crippen molar-refractivity contribution in [1.82, 2.24) is 13.9 Å². The van der Waals surface area contributed by atoms with Crippen LogP contribution in [-0.2, 0) is 50.0 Å². The minimum Gasteiger partial charge on any atom is -0.497 e. The quantitative estimate of drug-likeness (QED) is 0.237. The molecule has 3 heterocycles. The minimum absolute atomic E-state index is 0.0160. The van der Waals surface area contributed by atoms with Crippen molar-refractivity contribution in [2.75, 3.05) is 13.7 Å². The zero-order chi connectivity index (χ0) is 29.0. The Balaban J connectivity index is 1.53. The predicted molar refractivity (Wildman–Crippen MR) is 147 cm³/mol. The first kappa shape index (κ1) is 29.0. The summed E-state index contributed by atoms with van der Waals surface area (Å²) < 4.78 is 88.1. The summed E-state index contributed by atoms with van der Waals surface area (Å²) in [7, 11) is -6.70. The van der Waals surface area contributed by atoms with Gasteiger partial charge in [-0.3, -0.25) is 0 Å². The molecule has 4 aromatic rings. The molecule has 5 rings (SSSR count). The normalized spacial score (nSPS) is 15.9. The lowest BCUT2D eigenvalue weighted by Crippen LogP contribution is -2.32. The average molecular weight is 604 g/mol. The number of ether oxygens (including phenoxy) is 2. The summed E-state index contributed by atoms with van der Waals surface area (Å²) in [6, 6.07) is 15.0. The number of nitrogens with zero attached hydrogens (tertiary/aromatic N) is 3. The van der Waals surface area contributed by atoms with Crippen molar-refractivity contribution in [2.45, 2.75) is 54.4 Å². The second kappa shape index (κ2) is 12.1. The summed E-state index contributed by atoms with van der Waals surface area (Å²) in [6.07, 6.45) is 4.06. The summed E-state index contributed by atoms with van der Waals surface area (Å²) in [5, 5.41) is -0.272.